The number of likely N-dealkylation sites (tertiary alicyclic amines) is 1. The lowest BCUT2D eigenvalue weighted by Crippen LogP contribution is -2.41. The number of hydrogen-bond donors (Lipinski definition) is 0. The van der Waals surface area contributed by atoms with Gasteiger partial charge in [0, 0.05) is 25.1 Å². The van der Waals surface area contributed by atoms with Crippen molar-refractivity contribution in [3.05, 3.63) is 58.4 Å². The molecule has 0 bridgehead atoms. The van der Waals surface area contributed by atoms with Crippen LogP contribution in [0.25, 0.3) is 5.65 Å². The van der Waals surface area contributed by atoms with Gasteiger partial charge in [-0.1, -0.05) is 11.3 Å². The Kier molecular flexibility index (Phi) is 3.79. The first kappa shape index (κ1) is 15.5. The average Bonchev–Trinajstić information content (AvgIpc) is 3.27. The lowest BCUT2D eigenvalue weighted by atomic mass is 10.2. The van der Waals surface area contributed by atoms with Gasteiger partial charge in [0.15, 0.2) is 0 Å². The van der Waals surface area contributed by atoms with Crippen molar-refractivity contribution in [3.63, 3.8) is 0 Å². The van der Waals surface area contributed by atoms with Crippen LogP contribution in [-0.2, 0) is 6.54 Å². The third-order valence-electron chi connectivity index (χ3n) is 4.59. The second kappa shape index (κ2) is 6.12. The third-order valence-corrected chi connectivity index (χ3v) is 4.59. The van der Waals surface area contributed by atoms with Crippen molar-refractivity contribution in [1.82, 2.24) is 29.3 Å². The summed E-state index contributed by atoms with van der Waals surface area (Å²) in [6.07, 6.45) is 8.28. The molecule has 8 nitrogen and oxygen atoms in total. The topological polar surface area (TPSA) is 85.4 Å². The van der Waals surface area contributed by atoms with Crippen LogP contribution in [0.5, 0.6) is 0 Å². The molecule has 8 heteroatoms. The first-order chi connectivity index (χ1) is 12.1. The molecule has 4 heterocycles. The van der Waals surface area contributed by atoms with E-state index < -0.39 is 0 Å². The Morgan fingerprint density at radius 2 is 2.24 bits per heavy atom. The van der Waals surface area contributed by atoms with E-state index in [1.807, 2.05) is 13.0 Å². The standard InChI is InChI=1S/C17H18N6O2/c1-12-4-5-15-18-9-14(17(25)23(15)10-12)16(24)22-7-2-3-13(22)11-21-8-6-19-20-21/h4-6,8-10,13H,2-3,7,11H2,1H3/t13-/m0/s1. The van der Waals surface area contributed by atoms with Gasteiger partial charge in [0.25, 0.3) is 11.5 Å². The van der Waals surface area contributed by atoms with Gasteiger partial charge in [-0.25, -0.2) is 4.98 Å². The lowest BCUT2D eigenvalue weighted by molar-refractivity contribution is 0.0718. The minimum atomic E-state index is -0.329. The Balaban J connectivity index is 1.67. The van der Waals surface area contributed by atoms with E-state index in [9.17, 15) is 9.59 Å². The number of nitrogens with zero attached hydrogens (tertiary/aromatic N) is 6. The number of fused-ring (bicyclic) bond motifs is 1. The largest absolute Gasteiger partial charge is 0.334 e. The molecule has 25 heavy (non-hydrogen) atoms. The highest BCUT2D eigenvalue weighted by molar-refractivity contribution is 5.94. The lowest BCUT2D eigenvalue weighted by Gasteiger charge is -2.24. The van der Waals surface area contributed by atoms with Crippen molar-refractivity contribution in [2.45, 2.75) is 32.4 Å². The number of rotatable bonds is 3. The summed E-state index contributed by atoms with van der Waals surface area (Å²) in [6.45, 7) is 3.11. The van der Waals surface area contributed by atoms with Crippen LogP contribution >= 0.6 is 0 Å². The molecule has 0 radical (unpaired) electrons. The minimum Gasteiger partial charge on any atom is -0.334 e. The van der Waals surface area contributed by atoms with E-state index in [0.29, 0.717) is 18.7 Å². The molecule has 1 atom stereocenters. The molecule has 0 unspecified atom stereocenters. The van der Waals surface area contributed by atoms with Crippen molar-refractivity contribution < 1.29 is 4.79 Å². The van der Waals surface area contributed by atoms with Crippen molar-refractivity contribution in [3.8, 4) is 0 Å². The van der Waals surface area contributed by atoms with E-state index in [4.69, 9.17) is 0 Å². The van der Waals surface area contributed by atoms with E-state index in [-0.39, 0.29) is 23.1 Å². The molecule has 1 saturated heterocycles. The highest BCUT2D eigenvalue weighted by Gasteiger charge is 2.31. The molecule has 3 aromatic heterocycles. The van der Waals surface area contributed by atoms with E-state index in [1.165, 1.54) is 10.6 Å². The van der Waals surface area contributed by atoms with Crippen LogP contribution in [0, 0.1) is 6.92 Å². The van der Waals surface area contributed by atoms with Gasteiger partial charge in [-0.05, 0) is 31.4 Å². The molecule has 128 valence electrons. The minimum absolute atomic E-state index is 0.00630. The van der Waals surface area contributed by atoms with E-state index in [0.717, 1.165) is 18.4 Å². The maximum atomic E-state index is 13.0. The molecule has 3 aromatic rings. The van der Waals surface area contributed by atoms with E-state index in [1.54, 1.807) is 34.2 Å². The van der Waals surface area contributed by atoms with Crippen LogP contribution in [-0.4, -0.2) is 47.8 Å². The van der Waals surface area contributed by atoms with Crippen LogP contribution in [0.1, 0.15) is 28.8 Å². The first-order valence-corrected chi connectivity index (χ1v) is 8.26. The van der Waals surface area contributed by atoms with Crippen molar-refractivity contribution in [1.29, 1.82) is 0 Å². The SMILES string of the molecule is Cc1ccc2ncc(C(=O)N3CCC[C@H]3Cn3ccnn3)c(=O)n2c1. The third kappa shape index (κ3) is 2.79. The normalized spacial score (nSPS) is 17.3. The summed E-state index contributed by atoms with van der Waals surface area (Å²) in [7, 11) is 0. The molecular formula is C17H18N6O2. The predicted octanol–water partition coefficient (Wildman–Crippen LogP) is 0.899. The monoisotopic (exact) mass is 338 g/mol. The summed E-state index contributed by atoms with van der Waals surface area (Å²) in [5.41, 5.74) is 1.25. The van der Waals surface area contributed by atoms with Crippen molar-refractivity contribution in [2.75, 3.05) is 6.54 Å². The first-order valence-electron chi connectivity index (χ1n) is 8.26. The molecule has 0 aliphatic carbocycles. The molecule has 4 rings (SSSR count). The highest BCUT2D eigenvalue weighted by Crippen LogP contribution is 2.20. The van der Waals surface area contributed by atoms with Crippen LogP contribution in [0.4, 0.5) is 0 Å². The zero-order valence-electron chi connectivity index (χ0n) is 13.9. The molecule has 1 amide bonds. The van der Waals surface area contributed by atoms with Crippen LogP contribution in [0.3, 0.4) is 0 Å². The fourth-order valence-electron chi connectivity index (χ4n) is 3.32. The van der Waals surface area contributed by atoms with Crippen molar-refractivity contribution in [2.24, 2.45) is 0 Å². The van der Waals surface area contributed by atoms with Gasteiger partial charge in [-0.15, -0.1) is 5.10 Å². The summed E-state index contributed by atoms with van der Waals surface area (Å²) in [5.74, 6) is -0.268. The number of hydrogen-bond acceptors (Lipinski definition) is 5. The number of aromatic nitrogens is 5. The highest BCUT2D eigenvalue weighted by atomic mass is 16.2. The van der Waals surface area contributed by atoms with Gasteiger partial charge in [-0.3, -0.25) is 18.7 Å². The Morgan fingerprint density at radius 1 is 1.36 bits per heavy atom. The molecule has 1 aliphatic heterocycles. The zero-order chi connectivity index (χ0) is 17.4. The molecule has 0 aromatic carbocycles. The Labute approximate surface area is 143 Å². The van der Waals surface area contributed by atoms with Gasteiger partial charge in [-0.2, -0.15) is 0 Å². The quantitative estimate of drug-likeness (QED) is 0.708. The average molecular weight is 338 g/mol. The Bertz CT molecular complexity index is 978. The van der Waals surface area contributed by atoms with Crippen LogP contribution in [0.2, 0.25) is 0 Å². The number of carbonyl (C=O) groups is 1. The summed E-state index contributed by atoms with van der Waals surface area (Å²) in [4.78, 5) is 31.7. The summed E-state index contributed by atoms with van der Waals surface area (Å²) in [5, 5.41) is 7.76. The van der Waals surface area contributed by atoms with Gasteiger partial charge in [0.1, 0.15) is 11.2 Å². The summed E-state index contributed by atoms with van der Waals surface area (Å²) < 4.78 is 3.15. The van der Waals surface area contributed by atoms with E-state index >= 15 is 0 Å². The van der Waals surface area contributed by atoms with Gasteiger partial charge >= 0.3 is 0 Å². The van der Waals surface area contributed by atoms with Gasteiger partial charge in [0.2, 0.25) is 0 Å². The predicted molar refractivity (Wildman–Crippen MR) is 90.3 cm³/mol. The second-order valence-corrected chi connectivity index (χ2v) is 6.33. The number of carbonyl (C=O) groups excluding carboxylic acids is 1. The van der Waals surface area contributed by atoms with Gasteiger partial charge in [0.05, 0.1) is 18.8 Å². The molecule has 1 aliphatic rings. The van der Waals surface area contributed by atoms with Gasteiger partial charge < -0.3 is 4.90 Å². The number of aryl methyl sites for hydroxylation is 1. The maximum Gasteiger partial charge on any atom is 0.270 e. The molecule has 0 spiro atoms. The molecule has 0 N–H and O–H groups in total. The Hall–Kier alpha value is -3.03. The molecule has 0 saturated carbocycles. The fourth-order valence-corrected chi connectivity index (χ4v) is 3.32. The van der Waals surface area contributed by atoms with Crippen LogP contribution in [0.15, 0.2) is 41.7 Å². The zero-order valence-corrected chi connectivity index (χ0v) is 13.9. The molecule has 1 fully saturated rings. The van der Waals surface area contributed by atoms with Crippen molar-refractivity contribution >= 4 is 11.6 Å². The smallest absolute Gasteiger partial charge is 0.270 e. The summed E-state index contributed by atoms with van der Waals surface area (Å²) in [6, 6.07) is 3.67. The van der Waals surface area contributed by atoms with Crippen LogP contribution < -0.4 is 5.56 Å². The second-order valence-electron chi connectivity index (χ2n) is 6.33. The maximum absolute atomic E-state index is 13.0. The number of pyridine rings is 1. The summed E-state index contributed by atoms with van der Waals surface area (Å²) >= 11 is 0. The Morgan fingerprint density at radius 3 is 3.04 bits per heavy atom. The fraction of sp³-hybridized carbons (Fsp3) is 0.353. The van der Waals surface area contributed by atoms with E-state index in [2.05, 4.69) is 15.3 Å². The number of amides is 1. The molecular weight excluding hydrogens is 320 g/mol.